The largest absolute Gasteiger partial charge is 0.107 e. The van der Waals surface area contributed by atoms with E-state index in [1.807, 2.05) is 0 Å². The summed E-state index contributed by atoms with van der Waals surface area (Å²) in [5.41, 5.74) is 2.47. The molecule has 0 aliphatic carbocycles. The Morgan fingerprint density at radius 3 is 1.32 bits per heavy atom. The predicted molar refractivity (Wildman–Crippen MR) is 160 cm³/mol. The fourth-order valence-electron chi connectivity index (χ4n) is 4.63. The second kappa shape index (κ2) is 9.43. The van der Waals surface area contributed by atoms with Crippen LogP contribution in [0.1, 0.15) is 0 Å². The third kappa shape index (κ3) is 3.65. The Balaban J connectivity index is 0.00000136. The van der Waals surface area contributed by atoms with E-state index in [0.717, 1.165) is 0 Å². The number of nitrogens with one attached hydrogen (secondary N) is 1. The molecule has 0 unspecified atom stereocenters. The van der Waals surface area contributed by atoms with Gasteiger partial charge in [-0.3, -0.25) is 0 Å². The van der Waals surface area contributed by atoms with Gasteiger partial charge in [-0.25, -0.2) is 0 Å². The Bertz CT molecular complexity index is 1140. The number of rotatable bonds is 4. The van der Waals surface area contributed by atoms with Crippen LogP contribution < -0.4 is 21.3 Å². The van der Waals surface area contributed by atoms with Gasteiger partial charge in [-0.05, 0) is 0 Å². The first-order chi connectivity index (χ1) is 14.2. The van der Waals surface area contributed by atoms with Crippen molar-refractivity contribution in [2.45, 2.75) is 0 Å². The van der Waals surface area contributed by atoms with Gasteiger partial charge in [-0.1, -0.05) is 0 Å². The molecule has 0 fully saturated rings. The number of benzene rings is 4. The third-order valence-electron chi connectivity index (χ3n) is 6.32. The fraction of sp³-hybridized carbons (Fsp3) is 0.0370. The maximum Gasteiger partial charge on any atom is -0.107 e. The molecule has 31 heavy (non-hydrogen) atoms. The van der Waals surface area contributed by atoms with Gasteiger partial charge in [0.05, 0.1) is 0 Å². The fourth-order valence-corrected chi connectivity index (χ4v) is 9.97. The molecule has 0 aliphatic rings. The van der Waals surface area contributed by atoms with E-state index in [1.54, 1.807) is 0 Å². The monoisotopic (exact) mass is 649 g/mol. The number of para-hydroxylation sites is 1. The molecule has 0 saturated carbocycles. The molecule has 0 radical (unpaired) electrons. The van der Waals surface area contributed by atoms with Crippen molar-refractivity contribution in [1.29, 1.82) is 0 Å². The van der Waals surface area contributed by atoms with Crippen LogP contribution in [0.3, 0.4) is 0 Å². The summed E-state index contributed by atoms with van der Waals surface area (Å²) in [5, 5.41) is 5.34. The molecule has 5 rings (SSSR count). The smallest absolute Gasteiger partial charge is 0.107 e. The summed E-state index contributed by atoms with van der Waals surface area (Å²) in [6.07, 6.45) is 0. The molecule has 0 saturated heterocycles. The Kier molecular flexibility index (Phi) is 7.29. The van der Waals surface area contributed by atoms with E-state index in [1.165, 1.54) is 32.3 Å². The van der Waals surface area contributed by atoms with Crippen molar-refractivity contribution in [3.8, 4) is 0 Å². The quantitative estimate of drug-likeness (QED) is 0.177. The number of fused-ring (bicyclic) bond motifs is 1. The van der Waals surface area contributed by atoms with Gasteiger partial charge in [0.1, 0.15) is 0 Å². The van der Waals surface area contributed by atoms with Crippen molar-refractivity contribution in [3.05, 3.63) is 121 Å². The Hall–Kier alpha value is -1.69. The summed E-state index contributed by atoms with van der Waals surface area (Å²) in [7, 11) is 0. The molecule has 0 bridgehead atoms. The molecule has 0 aliphatic heterocycles. The number of hydrogen-bond donors (Lipinski definition) is 1. The van der Waals surface area contributed by atoms with Crippen LogP contribution in [0, 0.1) is 0 Å². The first-order valence-corrected chi connectivity index (χ1v) is 12.7. The van der Waals surface area contributed by atoms with Gasteiger partial charge in [0.2, 0.25) is 0 Å². The van der Waals surface area contributed by atoms with E-state index < -0.39 is 6.60 Å². The first-order valence-electron chi connectivity index (χ1n) is 9.98. The van der Waals surface area contributed by atoms with Crippen molar-refractivity contribution in [2.24, 2.45) is 0 Å². The normalized spacial score (nSPS) is 12.2. The van der Waals surface area contributed by atoms with Crippen molar-refractivity contribution >= 4 is 86.8 Å². The molecule has 1 nitrogen and oxygen atoms in total. The van der Waals surface area contributed by atoms with Gasteiger partial charge < -0.3 is 0 Å². The van der Waals surface area contributed by atoms with E-state index in [-0.39, 0.29) is 48.0 Å². The Labute approximate surface area is 218 Å². The van der Waals surface area contributed by atoms with Crippen LogP contribution in [-0.4, -0.2) is 11.6 Å². The second-order valence-electron chi connectivity index (χ2n) is 7.81. The second-order valence-corrected chi connectivity index (χ2v) is 13.0. The van der Waals surface area contributed by atoms with Gasteiger partial charge in [0, 0.05) is 0 Å². The maximum atomic E-state index is 3.83. The van der Waals surface area contributed by atoms with Crippen molar-refractivity contribution in [2.75, 3.05) is 6.66 Å². The van der Waals surface area contributed by atoms with Gasteiger partial charge in [-0.15, -0.1) is 48.0 Å². The summed E-state index contributed by atoms with van der Waals surface area (Å²) < 4.78 is 0. The van der Waals surface area contributed by atoms with E-state index in [2.05, 4.69) is 133 Å². The average Bonchev–Trinajstić information content (AvgIpc) is 3.26. The number of hydrogen-bond acceptors (Lipinski definition) is 0. The minimum atomic E-state index is -2.96. The van der Waals surface area contributed by atoms with Gasteiger partial charge in [-0.2, -0.15) is 0 Å². The molecule has 0 atom stereocenters. The molecule has 0 amide bonds. The summed E-state index contributed by atoms with van der Waals surface area (Å²) in [4.78, 5) is 3.83. The molecule has 158 valence electrons. The van der Waals surface area contributed by atoms with E-state index >= 15 is 0 Å². The molecule has 4 heteroatoms. The van der Waals surface area contributed by atoms with E-state index in [9.17, 15) is 0 Å². The maximum absolute atomic E-state index is 3.83. The molecule has 1 aromatic heterocycles. The SMILES string of the molecule is CP(c1ccccc1)(c1ccccc1)(c1ccccc1)c1cc2ccccc2[nH]1.I.I. The standard InChI is InChI=1S/C27H24NP.2HI/c1-29(23-14-5-2-6-15-23,24-16-7-3-8-17-24,25-18-9-4-10-19-25)27-21-22-13-11-12-20-26(22)28-27;;/h2-21,28H,1H3;2*1H. The molecule has 0 spiro atoms. The molecular weight excluding hydrogens is 623 g/mol. The van der Waals surface area contributed by atoms with Crippen LogP contribution in [0.5, 0.6) is 0 Å². The number of aromatic amines is 1. The number of aromatic nitrogens is 1. The molecule has 5 aromatic rings. The summed E-state index contributed by atoms with van der Waals surface area (Å²) in [6.45, 7) is -0.477. The molecule has 4 aromatic carbocycles. The van der Waals surface area contributed by atoms with Crippen LogP contribution >= 0.6 is 54.6 Å². The van der Waals surface area contributed by atoms with Gasteiger partial charge in [0.15, 0.2) is 0 Å². The van der Waals surface area contributed by atoms with Crippen molar-refractivity contribution in [3.63, 3.8) is 0 Å². The van der Waals surface area contributed by atoms with E-state index in [4.69, 9.17) is 0 Å². The van der Waals surface area contributed by atoms with Crippen LogP contribution in [0.4, 0.5) is 0 Å². The van der Waals surface area contributed by atoms with Gasteiger partial charge in [0.25, 0.3) is 0 Å². The van der Waals surface area contributed by atoms with Crippen LogP contribution in [0.2, 0.25) is 0 Å². The van der Waals surface area contributed by atoms with E-state index in [0.29, 0.717) is 0 Å². The molecule has 1 N–H and O–H groups in total. The molecular formula is C27H26I2NP. The van der Waals surface area contributed by atoms with Crippen LogP contribution in [0.15, 0.2) is 121 Å². The Morgan fingerprint density at radius 2 is 0.903 bits per heavy atom. The summed E-state index contributed by atoms with van der Waals surface area (Å²) in [6, 6.07) is 44.0. The Morgan fingerprint density at radius 1 is 0.516 bits per heavy atom. The van der Waals surface area contributed by atoms with Gasteiger partial charge >= 0.3 is 172 Å². The minimum absolute atomic E-state index is 0. The zero-order chi connectivity index (χ0) is 19.8. The van der Waals surface area contributed by atoms with Crippen LogP contribution in [-0.2, 0) is 0 Å². The predicted octanol–water partition coefficient (Wildman–Crippen LogP) is 6.19. The number of halogens is 2. The third-order valence-corrected chi connectivity index (χ3v) is 12.5. The van der Waals surface area contributed by atoms with Crippen molar-refractivity contribution < 1.29 is 0 Å². The first kappa shape index (κ1) is 24.0. The number of H-pyrrole nitrogens is 1. The average molecular weight is 649 g/mol. The van der Waals surface area contributed by atoms with Crippen LogP contribution in [0.25, 0.3) is 10.9 Å². The molecule has 1 heterocycles. The summed E-state index contributed by atoms with van der Waals surface area (Å²) in [5.74, 6) is 0. The zero-order valence-electron chi connectivity index (χ0n) is 17.3. The summed E-state index contributed by atoms with van der Waals surface area (Å²) >= 11 is 0. The topological polar surface area (TPSA) is 15.8 Å². The van der Waals surface area contributed by atoms with Crippen molar-refractivity contribution in [1.82, 2.24) is 4.98 Å². The minimum Gasteiger partial charge on any atom is -0.107 e. The zero-order valence-corrected chi connectivity index (χ0v) is 22.9.